The van der Waals surface area contributed by atoms with Gasteiger partial charge in [-0.3, -0.25) is 9.59 Å². The van der Waals surface area contributed by atoms with Crippen LogP contribution in [0.2, 0.25) is 0 Å². The highest BCUT2D eigenvalue weighted by atomic mass is 35.5. The third kappa shape index (κ3) is 4.61. The van der Waals surface area contributed by atoms with Crippen LogP contribution in [0.25, 0.3) is 0 Å². The number of nitrogens with zero attached hydrogens (tertiary/aromatic N) is 3. The first kappa shape index (κ1) is 17.6. The number of carbonyl (C=O) groups is 2. The van der Waals surface area contributed by atoms with E-state index < -0.39 is 0 Å². The molecule has 1 heterocycles. The van der Waals surface area contributed by atoms with Gasteiger partial charge in [0.1, 0.15) is 0 Å². The highest BCUT2D eigenvalue weighted by Crippen LogP contribution is 2.15. The Morgan fingerprint density at radius 3 is 2.13 bits per heavy atom. The Morgan fingerprint density at radius 2 is 1.61 bits per heavy atom. The molecule has 0 radical (unpaired) electrons. The second-order valence-electron chi connectivity index (χ2n) is 5.91. The highest BCUT2D eigenvalue weighted by Gasteiger charge is 2.24. The maximum atomic E-state index is 12.5. The molecule has 6 heteroatoms. The van der Waals surface area contributed by atoms with Crippen LogP contribution >= 0.6 is 11.6 Å². The van der Waals surface area contributed by atoms with Crippen LogP contribution in [-0.4, -0.2) is 67.8 Å². The molecular formula is C17H24ClN3O2. The minimum atomic E-state index is 0.0307. The number of amides is 2. The van der Waals surface area contributed by atoms with Gasteiger partial charge in [-0.05, 0) is 30.7 Å². The van der Waals surface area contributed by atoms with E-state index >= 15 is 0 Å². The molecule has 1 aliphatic rings. The van der Waals surface area contributed by atoms with Gasteiger partial charge in [-0.2, -0.15) is 0 Å². The van der Waals surface area contributed by atoms with Gasteiger partial charge in [-0.25, -0.2) is 0 Å². The molecule has 2 amide bonds. The average molecular weight is 338 g/mol. The summed E-state index contributed by atoms with van der Waals surface area (Å²) in [5, 5.41) is 0. The summed E-state index contributed by atoms with van der Waals surface area (Å²) in [4.78, 5) is 30.1. The quantitative estimate of drug-likeness (QED) is 0.772. The van der Waals surface area contributed by atoms with Crippen molar-refractivity contribution in [3.05, 3.63) is 29.8 Å². The molecular weight excluding hydrogens is 314 g/mol. The zero-order valence-corrected chi connectivity index (χ0v) is 14.6. The standard InChI is InChI=1S/C17H24ClN3O2/c1-19(2)15-7-5-14(6-8-15)17(23)21-12-10-20(11-13-21)16(22)4-3-9-18/h5-8H,3-4,9-13H2,1-2H3. The van der Waals surface area contributed by atoms with E-state index in [2.05, 4.69) is 0 Å². The molecule has 1 aromatic rings. The number of anilines is 1. The molecule has 0 N–H and O–H groups in total. The largest absolute Gasteiger partial charge is 0.378 e. The summed E-state index contributed by atoms with van der Waals surface area (Å²) in [6.07, 6.45) is 1.20. The van der Waals surface area contributed by atoms with Gasteiger partial charge in [0.15, 0.2) is 0 Å². The Labute approximate surface area is 142 Å². The Bertz CT molecular complexity index is 537. The van der Waals surface area contributed by atoms with Crippen molar-refractivity contribution in [1.82, 2.24) is 9.80 Å². The Balaban J connectivity index is 1.89. The Morgan fingerprint density at radius 1 is 1.04 bits per heavy atom. The van der Waals surface area contributed by atoms with E-state index in [0.29, 0.717) is 50.5 Å². The van der Waals surface area contributed by atoms with Crippen LogP contribution in [0.3, 0.4) is 0 Å². The van der Waals surface area contributed by atoms with Gasteiger partial charge in [0.25, 0.3) is 5.91 Å². The molecule has 23 heavy (non-hydrogen) atoms. The summed E-state index contributed by atoms with van der Waals surface area (Å²) in [6.45, 7) is 2.37. The number of halogens is 1. The van der Waals surface area contributed by atoms with E-state index in [0.717, 1.165) is 5.69 Å². The van der Waals surface area contributed by atoms with E-state index in [1.54, 1.807) is 0 Å². The van der Waals surface area contributed by atoms with Crippen LogP contribution < -0.4 is 4.90 Å². The Kier molecular flexibility index (Phi) is 6.28. The third-order valence-corrected chi connectivity index (χ3v) is 4.34. The first-order valence-electron chi connectivity index (χ1n) is 7.93. The number of rotatable bonds is 5. The normalized spacial score (nSPS) is 14.7. The van der Waals surface area contributed by atoms with E-state index in [1.807, 2.05) is 53.1 Å². The molecule has 2 rings (SSSR count). The van der Waals surface area contributed by atoms with Crippen molar-refractivity contribution in [2.45, 2.75) is 12.8 Å². The fourth-order valence-electron chi connectivity index (χ4n) is 2.62. The van der Waals surface area contributed by atoms with Crippen molar-refractivity contribution < 1.29 is 9.59 Å². The zero-order valence-electron chi connectivity index (χ0n) is 13.8. The molecule has 0 unspecified atom stereocenters. The lowest BCUT2D eigenvalue weighted by Crippen LogP contribution is -2.50. The van der Waals surface area contributed by atoms with E-state index in [-0.39, 0.29) is 11.8 Å². The number of alkyl halides is 1. The first-order chi connectivity index (χ1) is 11.0. The molecule has 1 fully saturated rings. The minimum Gasteiger partial charge on any atom is -0.378 e. The summed E-state index contributed by atoms with van der Waals surface area (Å²) in [7, 11) is 3.94. The minimum absolute atomic E-state index is 0.0307. The van der Waals surface area contributed by atoms with Gasteiger partial charge >= 0.3 is 0 Å². The van der Waals surface area contributed by atoms with Gasteiger partial charge in [0, 0.05) is 63.8 Å². The van der Waals surface area contributed by atoms with Crippen LogP contribution in [0.15, 0.2) is 24.3 Å². The summed E-state index contributed by atoms with van der Waals surface area (Å²) in [5.74, 6) is 0.670. The van der Waals surface area contributed by atoms with Gasteiger partial charge in [-0.15, -0.1) is 11.6 Å². The van der Waals surface area contributed by atoms with Crippen LogP contribution in [0, 0.1) is 0 Å². The van der Waals surface area contributed by atoms with Crippen molar-refractivity contribution in [2.75, 3.05) is 51.1 Å². The summed E-state index contributed by atoms with van der Waals surface area (Å²) >= 11 is 5.62. The SMILES string of the molecule is CN(C)c1ccc(C(=O)N2CCN(C(=O)CCCCl)CC2)cc1. The highest BCUT2D eigenvalue weighted by molar-refractivity contribution is 6.17. The molecule has 126 valence electrons. The predicted molar refractivity (Wildman–Crippen MR) is 93.2 cm³/mol. The molecule has 1 aliphatic heterocycles. The average Bonchev–Trinajstić information content (AvgIpc) is 2.59. The smallest absolute Gasteiger partial charge is 0.253 e. The third-order valence-electron chi connectivity index (χ3n) is 4.07. The summed E-state index contributed by atoms with van der Waals surface area (Å²) < 4.78 is 0. The summed E-state index contributed by atoms with van der Waals surface area (Å²) in [6, 6.07) is 7.60. The van der Waals surface area contributed by atoms with Gasteiger partial charge in [-0.1, -0.05) is 0 Å². The molecule has 0 bridgehead atoms. The van der Waals surface area contributed by atoms with Crippen LogP contribution in [0.1, 0.15) is 23.2 Å². The van der Waals surface area contributed by atoms with Crippen LogP contribution in [0.4, 0.5) is 5.69 Å². The lowest BCUT2D eigenvalue weighted by Gasteiger charge is -2.35. The molecule has 0 saturated carbocycles. The van der Waals surface area contributed by atoms with E-state index in [9.17, 15) is 9.59 Å². The second kappa shape index (κ2) is 8.20. The van der Waals surface area contributed by atoms with Crippen molar-refractivity contribution in [3.63, 3.8) is 0 Å². The molecule has 5 nitrogen and oxygen atoms in total. The fraction of sp³-hybridized carbons (Fsp3) is 0.529. The Hall–Kier alpha value is -1.75. The van der Waals surface area contributed by atoms with Crippen molar-refractivity contribution in [1.29, 1.82) is 0 Å². The number of hydrogen-bond acceptors (Lipinski definition) is 3. The van der Waals surface area contributed by atoms with Crippen LogP contribution in [0.5, 0.6) is 0 Å². The maximum Gasteiger partial charge on any atom is 0.253 e. The molecule has 0 spiro atoms. The molecule has 1 saturated heterocycles. The molecule has 1 aromatic carbocycles. The van der Waals surface area contributed by atoms with Crippen molar-refractivity contribution in [2.24, 2.45) is 0 Å². The predicted octanol–water partition coefficient (Wildman–Crippen LogP) is 2.06. The molecule has 0 aliphatic carbocycles. The number of piperazine rings is 1. The van der Waals surface area contributed by atoms with E-state index in [4.69, 9.17) is 11.6 Å². The number of carbonyl (C=O) groups excluding carboxylic acids is 2. The number of benzene rings is 1. The van der Waals surface area contributed by atoms with Crippen molar-refractivity contribution >= 4 is 29.1 Å². The molecule has 0 atom stereocenters. The molecule has 0 aromatic heterocycles. The van der Waals surface area contributed by atoms with Gasteiger partial charge in [0.05, 0.1) is 0 Å². The summed E-state index contributed by atoms with van der Waals surface area (Å²) in [5.41, 5.74) is 1.76. The zero-order chi connectivity index (χ0) is 16.8. The maximum absolute atomic E-state index is 12.5. The number of hydrogen-bond donors (Lipinski definition) is 0. The monoisotopic (exact) mass is 337 g/mol. The van der Waals surface area contributed by atoms with Crippen molar-refractivity contribution in [3.8, 4) is 0 Å². The van der Waals surface area contributed by atoms with Gasteiger partial charge < -0.3 is 14.7 Å². The second-order valence-corrected chi connectivity index (χ2v) is 6.28. The topological polar surface area (TPSA) is 43.9 Å². The lowest BCUT2D eigenvalue weighted by molar-refractivity contribution is -0.132. The lowest BCUT2D eigenvalue weighted by atomic mass is 10.1. The fourth-order valence-corrected chi connectivity index (χ4v) is 2.75. The van der Waals surface area contributed by atoms with Gasteiger partial charge in [0.2, 0.25) is 5.91 Å². The van der Waals surface area contributed by atoms with E-state index in [1.165, 1.54) is 0 Å². The van der Waals surface area contributed by atoms with Crippen LogP contribution in [-0.2, 0) is 4.79 Å². The first-order valence-corrected chi connectivity index (χ1v) is 8.47.